The Morgan fingerprint density at radius 3 is 2.37 bits per heavy atom. The van der Waals surface area contributed by atoms with Gasteiger partial charge in [-0.2, -0.15) is 0 Å². The van der Waals surface area contributed by atoms with Crippen molar-refractivity contribution >= 4 is 20.6 Å². The second-order valence-electron chi connectivity index (χ2n) is 5.09. The van der Waals surface area contributed by atoms with Gasteiger partial charge in [0.1, 0.15) is 0 Å². The molecular formula is C13H19NO3S2. The third-order valence-corrected chi connectivity index (χ3v) is 6.35. The quantitative estimate of drug-likeness (QED) is 0.917. The van der Waals surface area contributed by atoms with Gasteiger partial charge in [-0.05, 0) is 43.5 Å². The lowest BCUT2D eigenvalue weighted by molar-refractivity contribution is 0.444. The van der Waals surface area contributed by atoms with E-state index < -0.39 is 20.6 Å². The van der Waals surface area contributed by atoms with Gasteiger partial charge in [0.25, 0.3) is 0 Å². The van der Waals surface area contributed by atoms with Gasteiger partial charge >= 0.3 is 0 Å². The molecule has 1 saturated carbocycles. The fourth-order valence-corrected chi connectivity index (χ4v) is 4.61. The second-order valence-corrected chi connectivity index (χ2v) is 8.84. The first-order valence-corrected chi connectivity index (χ1v) is 9.44. The molecule has 106 valence electrons. The Labute approximate surface area is 116 Å². The molecule has 3 unspecified atom stereocenters. The number of nitrogens with two attached hydrogens (primary N) is 1. The van der Waals surface area contributed by atoms with E-state index in [1.54, 1.807) is 12.1 Å². The van der Waals surface area contributed by atoms with Crippen LogP contribution in [0.3, 0.4) is 0 Å². The van der Waals surface area contributed by atoms with Crippen LogP contribution in [0.2, 0.25) is 0 Å². The van der Waals surface area contributed by atoms with E-state index in [2.05, 4.69) is 0 Å². The zero-order valence-corrected chi connectivity index (χ0v) is 12.5. The molecular weight excluding hydrogens is 282 g/mol. The highest BCUT2D eigenvalue weighted by Gasteiger charge is 2.25. The van der Waals surface area contributed by atoms with Crippen molar-refractivity contribution in [3.63, 3.8) is 0 Å². The molecule has 0 bridgehead atoms. The van der Waals surface area contributed by atoms with Crippen molar-refractivity contribution in [3.05, 3.63) is 24.3 Å². The maximum atomic E-state index is 12.4. The van der Waals surface area contributed by atoms with E-state index in [-0.39, 0.29) is 16.2 Å². The first kappa shape index (κ1) is 14.7. The van der Waals surface area contributed by atoms with E-state index >= 15 is 0 Å². The summed E-state index contributed by atoms with van der Waals surface area (Å²) in [5, 5.41) is 0.0906. The van der Waals surface area contributed by atoms with Crippen LogP contribution in [0.25, 0.3) is 0 Å². The predicted octanol–water partition coefficient (Wildman–Crippen LogP) is 1.47. The SMILES string of the molecule is CS(=O)(=O)c1ccc(S(=O)C2CCCC(N)C2)cc1. The summed E-state index contributed by atoms with van der Waals surface area (Å²) in [4.78, 5) is 0.945. The molecule has 2 N–H and O–H groups in total. The third-order valence-electron chi connectivity index (χ3n) is 3.45. The molecule has 0 amide bonds. The minimum atomic E-state index is -3.20. The van der Waals surface area contributed by atoms with Crippen molar-refractivity contribution in [2.75, 3.05) is 6.26 Å². The Morgan fingerprint density at radius 2 is 1.84 bits per heavy atom. The highest BCUT2D eigenvalue weighted by Crippen LogP contribution is 2.25. The normalized spacial score (nSPS) is 26.0. The van der Waals surface area contributed by atoms with Crippen LogP contribution in [0.4, 0.5) is 0 Å². The topological polar surface area (TPSA) is 77.2 Å². The van der Waals surface area contributed by atoms with Gasteiger partial charge in [-0.25, -0.2) is 8.42 Å². The zero-order valence-electron chi connectivity index (χ0n) is 10.9. The van der Waals surface area contributed by atoms with Crippen LogP contribution in [0.15, 0.2) is 34.1 Å². The van der Waals surface area contributed by atoms with E-state index in [4.69, 9.17) is 5.73 Å². The zero-order chi connectivity index (χ0) is 14.0. The summed E-state index contributed by atoms with van der Waals surface area (Å²) in [6.07, 6.45) is 4.88. The second kappa shape index (κ2) is 5.73. The average Bonchev–Trinajstić information content (AvgIpc) is 2.37. The van der Waals surface area contributed by atoms with Crippen molar-refractivity contribution in [2.24, 2.45) is 5.73 Å². The van der Waals surface area contributed by atoms with E-state index in [1.165, 1.54) is 18.4 Å². The average molecular weight is 301 g/mol. The summed E-state index contributed by atoms with van der Waals surface area (Å²) < 4.78 is 35.1. The maximum absolute atomic E-state index is 12.4. The molecule has 6 heteroatoms. The molecule has 3 atom stereocenters. The molecule has 19 heavy (non-hydrogen) atoms. The molecule has 4 nitrogen and oxygen atoms in total. The Morgan fingerprint density at radius 1 is 1.21 bits per heavy atom. The Kier molecular flexibility index (Phi) is 4.43. The number of hydrogen-bond donors (Lipinski definition) is 1. The lowest BCUT2D eigenvalue weighted by atomic mass is 9.96. The molecule has 0 aliphatic heterocycles. The van der Waals surface area contributed by atoms with Gasteiger partial charge in [-0.1, -0.05) is 6.42 Å². The van der Waals surface area contributed by atoms with Gasteiger partial charge in [0.2, 0.25) is 0 Å². The van der Waals surface area contributed by atoms with Crippen molar-refractivity contribution in [1.29, 1.82) is 0 Å². The third kappa shape index (κ3) is 3.64. The molecule has 0 saturated heterocycles. The van der Waals surface area contributed by atoms with E-state index in [0.29, 0.717) is 4.90 Å². The Bertz CT molecular complexity index is 566. The fraction of sp³-hybridized carbons (Fsp3) is 0.538. The van der Waals surface area contributed by atoms with Crippen molar-refractivity contribution in [3.8, 4) is 0 Å². The molecule has 1 aromatic rings. The largest absolute Gasteiger partial charge is 0.328 e. The van der Waals surface area contributed by atoms with Crippen LogP contribution in [-0.4, -0.2) is 30.2 Å². The minimum Gasteiger partial charge on any atom is -0.328 e. The van der Waals surface area contributed by atoms with Crippen LogP contribution < -0.4 is 5.73 Å². The van der Waals surface area contributed by atoms with E-state index in [0.717, 1.165) is 25.7 Å². The highest BCUT2D eigenvalue weighted by atomic mass is 32.2. The summed E-state index contributed by atoms with van der Waals surface area (Å²) in [5.41, 5.74) is 5.91. The van der Waals surface area contributed by atoms with Gasteiger partial charge in [0.05, 0.1) is 15.7 Å². The summed E-state index contributed by atoms with van der Waals surface area (Å²) in [6.45, 7) is 0. The molecule has 1 aromatic carbocycles. The summed E-state index contributed by atoms with van der Waals surface area (Å²) >= 11 is 0. The lowest BCUT2D eigenvalue weighted by Crippen LogP contribution is -2.33. The molecule has 1 aliphatic carbocycles. The van der Waals surface area contributed by atoms with Gasteiger partial charge in [-0.15, -0.1) is 0 Å². The van der Waals surface area contributed by atoms with Crippen LogP contribution in [-0.2, 0) is 20.6 Å². The molecule has 1 aliphatic rings. The number of hydrogen-bond acceptors (Lipinski definition) is 4. The number of benzene rings is 1. The van der Waals surface area contributed by atoms with Gasteiger partial charge < -0.3 is 5.73 Å². The minimum absolute atomic E-state index is 0.0906. The van der Waals surface area contributed by atoms with Crippen LogP contribution in [0.5, 0.6) is 0 Å². The number of rotatable bonds is 3. The first-order chi connectivity index (χ1) is 8.88. The van der Waals surface area contributed by atoms with Crippen molar-refractivity contribution < 1.29 is 12.6 Å². The van der Waals surface area contributed by atoms with Crippen LogP contribution in [0, 0.1) is 0 Å². The Hall–Kier alpha value is -0.720. The van der Waals surface area contributed by atoms with Gasteiger partial charge in [-0.3, -0.25) is 4.21 Å². The Balaban J connectivity index is 2.16. The smallest absolute Gasteiger partial charge is 0.175 e. The molecule has 0 radical (unpaired) electrons. The number of sulfone groups is 1. The fourth-order valence-electron chi connectivity index (χ4n) is 2.39. The van der Waals surface area contributed by atoms with E-state index in [9.17, 15) is 12.6 Å². The van der Waals surface area contributed by atoms with Gasteiger partial charge in [0, 0.05) is 22.4 Å². The highest BCUT2D eigenvalue weighted by molar-refractivity contribution is 7.90. The summed E-state index contributed by atoms with van der Waals surface area (Å²) in [6, 6.07) is 6.47. The summed E-state index contributed by atoms with van der Waals surface area (Å²) in [7, 11) is -4.30. The molecule has 0 heterocycles. The monoisotopic (exact) mass is 301 g/mol. The van der Waals surface area contributed by atoms with E-state index in [1.807, 2.05) is 0 Å². The summed E-state index contributed by atoms with van der Waals surface area (Å²) in [5.74, 6) is 0. The lowest BCUT2D eigenvalue weighted by Gasteiger charge is -2.25. The molecule has 0 spiro atoms. The van der Waals surface area contributed by atoms with Gasteiger partial charge in [0.15, 0.2) is 9.84 Å². The van der Waals surface area contributed by atoms with Crippen molar-refractivity contribution in [2.45, 2.75) is 46.8 Å². The molecule has 0 aromatic heterocycles. The molecule has 1 fully saturated rings. The van der Waals surface area contributed by atoms with Crippen LogP contribution in [0.1, 0.15) is 25.7 Å². The van der Waals surface area contributed by atoms with Crippen LogP contribution >= 0.6 is 0 Å². The maximum Gasteiger partial charge on any atom is 0.175 e. The predicted molar refractivity (Wildman–Crippen MR) is 76.2 cm³/mol. The van der Waals surface area contributed by atoms with Crippen molar-refractivity contribution in [1.82, 2.24) is 0 Å². The molecule has 2 rings (SSSR count). The first-order valence-electron chi connectivity index (χ1n) is 6.34. The standard InChI is InChI=1S/C13H19NO3S2/c1-19(16,17)13-7-5-11(6-8-13)18(15)12-4-2-3-10(14)9-12/h5-8,10,12H,2-4,9,14H2,1H3.